The van der Waals surface area contributed by atoms with Crippen molar-refractivity contribution in [1.29, 1.82) is 0 Å². The van der Waals surface area contributed by atoms with Crippen molar-refractivity contribution in [1.82, 2.24) is 0 Å². The molecule has 0 aliphatic carbocycles. The maximum atomic E-state index is 13.1. The minimum absolute atomic E-state index is 0.0453. The summed E-state index contributed by atoms with van der Waals surface area (Å²) >= 11 is 0. The fourth-order valence-electron chi connectivity index (χ4n) is 2.79. The van der Waals surface area contributed by atoms with E-state index in [0.29, 0.717) is 0 Å². The molecule has 3 heteroatoms. The number of ketones is 1. The molecule has 1 fully saturated rings. The molecule has 4 unspecified atom stereocenters. The summed E-state index contributed by atoms with van der Waals surface area (Å²) in [4.78, 5) is 12.3. The van der Waals surface area contributed by atoms with Crippen LogP contribution in [-0.4, -0.2) is 18.0 Å². The van der Waals surface area contributed by atoms with Crippen LogP contribution in [0.5, 0.6) is 0 Å². The van der Waals surface area contributed by atoms with E-state index in [2.05, 4.69) is 0 Å². The van der Waals surface area contributed by atoms with Crippen molar-refractivity contribution in [3.8, 4) is 0 Å². The minimum Gasteiger partial charge on any atom is -0.375 e. The topological polar surface area (TPSA) is 26.3 Å². The number of rotatable bonds is 3. The first-order valence-electron chi connectivity index (χ1n) is 6.41. The molecule has 1 heterocycles. The third-order valence-corrected chi connectivity index (χ3v) is 3.88. The van der Waals surface area contributed by atoms with Gasteiger partial charge in [-0.3, -0.25) is 4.79 Å². The highest BCUT2D eigenvalue weighted by molar-refractivity contribution is 5.84. The lowest BCUT2D eigenvalue weighted by Gasteiger charge is -2.17. The van der Waals surface area contributed by atoms with E-state index < -0.39 is 0 Å². The Morgan fingerprint density at radius 1 is 1.28 bits per heavy atom. The third kappa shape index (κ3) is 2.61. The Morgan fingerprint density at radius 3 is 2.56 bits per heavy atom. The van der Waals surface area contributed by atoms with Gasteiger partial charge in [-0.2, -0.15) is 0 Å². The van der Waals surface area contributed by atoms with Crippen molar-refractivity contribution in [3.05, 3.63) is 35.6 Å². The van der Waals surface area contributed by atoms with Crippen molar-refractivity contribution in [2.45, 2.75) is 39.4 Å². The summed E-state index contributed by atoms with van der Waals surface area (Å²) in [5, 5.41) is 0. The molecular formula is C15H19FO2. The maximum Gasteiger partial charge on any atom is 0.143 e. The van der Waals surface area contributed by atoms with Gasteiger partial charge >= 0.3 is 0 Å². The predicted octanol–water partition coefficient (Wildman–Crippen LogP) is 3.00. The van der Waals surface area contributed by atoms with Crippen molar-refractivity contribution < 1.29 is 13.9 Å². The Labute approximate surface area is 107 Å². The molecule has 4 atom stereocenters. The highest BCUT2D eigenvalue weighted by atomic mass is 19.1. The second-order valence-corrected chi connectivity index (χ2v) is 5.20. The van der Waals surface area contributed by atoms with E-state index in [-0.39, 0.29) is 42.1 Å². The molecule has 1 aromatic rings. The highest BCUT2D eigenvalue weighted by Crippen LogP contribution is 2.33. The molecule has 1 aliphatic heterocycles. The van der Waals surface area contributed by atoms with Crippen LogP contribution in [0, 0.1) is 17.7 Å². The summed E-state index contributed by atoms with van der Waals surface area (Å²) in [5.74, 6) is -0.00767. The summed E-state index contributed by atoms with van der Waals surface area (Å²) < 4.78 is 18.7. The van der Waals surface area contributed by atoms with Crippen LogP contribution in [0.4, 0.5) is 4.39 Å². The maximum absolute atomic E-state index is 13.1. The average molecular weight is 250 g/mol. The molecule has 0 saturated carbocycles. The van der Waals surface area contributed by atoms with Gasteiger partial charge in [-0.15, -0.1) is 0 Å². The summed E-state index contributed by atoms with van der Waals surface area (Å²) in [5.41, 5.74) is 0.735. The number of Topliss-reactive ketones (excluding diaryl/α,β-unsaturated/α-hetero) is 1. The Balaban J connectivity index is 2.08. The van der Waals surface area contributed by atoms with Crippen LogP contribution in [0.1, 0.15) is 26.3 Å². The summed E-state index contributed by atoms with van der Waals surface area (Å²) in [7, 11) is 0. The molecule has 0 spiro atoms. The average Bonchev–Trinajstić information content (AvgIpc) is 2.53. The number of benzene rings is 1. The Hall–Kier alpha value is -1.22. The smallest absolute Gasteiger partial charge is 0.143 e. The number of ether oxygens (including phenoxy) is 1. The van der Waals surface area contributed by atoms with Crippen LogP contribution in [0.15, 0.2) is 24.3 Å². The van der Waals surface area contributed by atoms with Gasteiger partial charge in [0.15, 0.2) is 0 Å². The number of carbonyl (C=O) groups excluding carboxylic acids is 1. The number of halogens is 1. The SMILES string of the molecule is CC1OC(C)C(C(=O)Cc2cccc(F)c2)C1C. The quantitative estimate of drug-likeness (QED) is 0.824. The number of carbonyl (C=O) groups is 1. The Morgan fingerprint density at radius 2 is 2.00 bits per heavy atom. The first-order valence-corrected chi connectivity index (χ1v) is 6.41. The van der Waals surface area contributed by atoms with Gasteiger partial charge in [-0.05, 0) is 37.5 Å². The van der Waals surface area contributed by atoms with E-state index in [4.69, 9.17) is 4.74 Å². The van der Waals surface area contributed by atoms with E-state index in [1.807, 2.05) is 20.8 Å². The monoisotopic (exact) mass is 250 g/mol. The second-order valence-electron chi connectivity index (χ2n) is 5.20. The first-order chi connectivity index (χ1) is 8.49. The van der Waals surface area contributed by atoms with Crippen molar-refractivity contribution in [2.75, 3.05) is 0 Å². The number of hydrogen-bond acceptors (Lipinski definition) is 2. The van der Waals surface area contributed by atoms with Crippen molar-refractivity contribution in [3.63, 3.8) is 0 Å². The molecule has 98 valence electrons. The summed E-state index contributed by atoms with van der Waals surface area (Å²) in [6.07, 6.45) is 0.352. The van der Waals surface area contributed by atoms with Crippen LogP contribution in [0.25, 0.3) is 0 Å². The van der Waals surface area contributed by atoms with Crippen LogP contribution in [0.3, 0.4) is 0 Å². The normalized spacial score (nSPS) is 31.6. The molecule has 0 amide bonds. The standard InChI is InChI=1S/C15H19FO2/c1-9-10(2)18-11(3)15(9)14(17)8-12-5-4-6-13(16)7-12/h4-7,9-11,15H,8H2,1-3H3. The van der Waals surface area contributed by atoms with Crippen LogP contribution >= 0.6 is 0 Å². The summed E-state index contributed by atoms with van der Waals surface area (Å²) in [6, 6.07) is 6.24. The fraction of sp³-hybridized carbons (Fsp3) is 0.533. The Bertz CT molecular complexity index is 444. The zero-order chi connectivity index (χ0) is 13.3. The molecule has 0 bridgehead atoms. The van der Waals surface area contributed by atoms with E-state index in [1.165, 1.54) is 12.1 Å². The third-order valence-electron chi connectivity index (χ3n) is 3.88. The van der Waals surface area contributed by atoms with E-state index in [9.17, 15) is 9.18 Å². The molecule has 1 saturated heterocycles. The van der Waals surface area contributed by atoms with E-state index in [1.54, 1.807) is 12.1 Å². The highest BCUT2D eigenvalue weighted by Gasteiger charge is 2.40. The van der Waals surface area contributed by atoms with Crippen molar-refractivity contribution in [2.24, 2.45) is 11.8 Å². The van der Waals surface area contributed by atoms with Gasteiger partial charge in [0.1, 0.15) is 11.6 Å². The van der Waals surface area contributed by atoms with Gasteiger partial charge in [-0.1, -0.05) is 19.1 Å². The summed E-state index contributed by atoms with van der Waals surface area (Å²) in [6.45, 7) is 5.98. The van der Waals surface area contributed by atoms with Gasteiger partial charge in [0.25, 0.3) is 0 Å². The molecular weight excluding hydrogens is 231 g/mol. The molecule has 18 heavy (non-hydrogen) atoms. The lowest BCUT2D eigenvalue weighted by molar-refractivity contribution is -0.124. The number of hydrogen-bond donors (Lipinski definition) is 0. The van der Waals surface area contributed by atoms with Crippen LogP contribution < -0.4 is 0 Å². The Kier molecular flexibility index (Phi) is 3.81. The van der Waals surface area contributed by atoms with Crippen LogP contribution in [-0.2, 0) is 16.0 Å². The van der Waals surface area contributed by atoms with Crippen molar-refractivity contribution >= 4 is 5.78 Å². The molecule has 1 aliphatic rings. The molecule has 0 aromatic heterocycles. The lowest BCUT2D eigenvalue weighted by atomic mass is 9.84. The fourth-order valence-corrected chi connectivity index (χ4v) is 2.79. The second kappa shape index (κ2) is 5.19. The first kappa shape index (κ1) is 13.2. The zero-order valence-electron chi connectivity index (χ0n) is 11.0. The molecule has 0 N–H and O–H groups in total. The van der Waals surface area contributed by atoms with E-state index >= 15 is 0 Å². The molecule has 1 aromatic carbocycles. The molecule has 2 rings (SSSR count). The van der Waals surface area contributed by atoms with Gasteiger partial charge in [-0.25, -0.2) is 4.39 Å². The van der Waals surface area contributed by atoms with Crippen LogP contribution in [0.2, 0.25) is 0 Å². The minimum atomic E-state index is -0.294. The predicted molar refractivity (Wildman–Crippen MR) is 67.8 cm³/mol. The van der Waals surface area contributed by atoms with E-state index in [0.717, 1.165) is 5.56 Å². The van der Waals surface area contributed by atoms with Gasteiger partial charge < -0.3 is 4.74 Å². The van der Waals surface area contributed by atoms with Gasteiger partial charge in [0.2, 0.25) is 0 Å². The van der Waals surface area contributed by atoms with Gasteiger partial charge in [0, 0.05) is 12.3 Å². The molecule has 2 nitrogen and oxygen atoms in total. The molecule has 0 radical (unpaired) electrons. The lowest BCUT2D eigenvalue weighted by Crippen LogP contribution is -2.28. The largest absolute Gasteiger partial charge is 0.375 e. The van der Waals surface area contributed by atoms with Gasteiger partial charge in [0.05, 0.1) is 12.2 Å². The zero-order valence-corrected chi connectivity index (χ0v) is 11.0.